The van der Waals surface area contributed by atoms with Gasteiger partial charge in [-0.25, -0.2) is 0 Å². The number of aryl methyl sites for hydroxylation is 1. The molecule has 1 saturated carbocycles. The van der Waals surface area contributed by atoms with Gasteiger partial charge in [-0.05, 0) is 55.0 Å². The first-order valence-corrected chi connectivity index (χ1v) is 12.4. The number of halogens is 1. The summed E-state index contributed by atoms with van der Waals surface area (Å²) < 4.78 is 5.78. The zero-order chi connectivity index (χ0) is 23.6. The lowest BCUT2D eigenvalue weighted by Crippen LogP contribution is -2.52. The molecule has 0 heterocycles. The minimum Gasteiger partial charge on any atom is -0.484 e. The lowest BCUT2D eigenvalue weighted by atomic mass is 9.95. The topological polar surface area (TPSA) is 58.6 Å². The molecule has 0 saturated heterocycles. The third kappa shape index (κ3) is 7.23. The molecule has 2 aromatic rings. The molecule has 0 unspecified atom stereocenters. The predicted molar refractivity (Wildman–Crippen MR) is 132 cm³/mol. The van der Waals surface area contributed by atoms with Crippen LogP contribution in [-0.4, -0.2) is 35.4 Å². The second-order valence-electron chi connectivity index (χ2n) is 8.67. The van der Waals surface area contributed by atoms with Crippen LogP contribution in [0.5, 0.6) is 5.75 Å². The number of carbonyl (C=O) groups excluding carboxylic acids is 2. The number of benzene rings is 2. The van der Waals surface area contributed by atoms with Crippen LogP contribution in [0, 0.1) is 0 Å². The normalized spacial score (nSPS) is 15.0. The molecule has 6 heteroatoms. The van der Waals surface area contributed by atoms with Gasteiger partial charge in [0, 0.05) is 17.6 Å². The van der Waals surface area contributed by atoms with E-state index in [0.29, 0.717) is 17.2 Å². The maximum atomic E-state index is 13.3. The molecule has 1 aliphatic carbocycles. The summed E-state index contributed by atoms with van der Waals surface area (Å²) in [7, 11) is 0. The molecule has 1 N–H and O–H groups in total. The first kappa shape index (κ1) is 25.1. The molecule has 2 aromatic carbocycles. The molecule has 178 valence electrons. The second-order valence-corrected chi connectivity index (χ2v) is 9.07. The lowest BCUT2D eigenvalue weighted by molar-refractivity contribution is -0.143. The Kier molecular flexibility index (Phi) is 9.61. The van der Waals surface area contributed by atoms with Gasteiger partial charge in [0.2, 0.25) is 5.91 Å². The van der Waals surface area contributed by atoms with Gasteiger partial charge in [-0.15, -0.1) is 0 Å². The van der Waals surface area contributed by atoms with Gasteiger partial charge in [0.1, 0.15) is 11.8 Å². The Labute approximate surface area is 202 Å². The number of nitrogens with zero attached hydrogens (tertiary/aromatic N) is 1. The van der Waals surface area contributed by atoms with Crippen LogP contribution in [0.3, 0.4) is 0 Å². The van der Waals surface area contributed by atoms with E-state index in [9.17, 15) is 9.59 Å². The fraction of sp³-hybridized carbons (Fsp3) is 0.481. The molecule has 0 bridgehead atoms. The average Bonchev–Trinajstić information content (AvgIpc) is 2.84. The Morgan fingerprint density at radius 1 is 1.06 bits per heavy atom. The van der Waals surface area contributed by atoms with Crippen LogP contribution in [-0.2, 0) is 22.6 Å². The number of ether oxygens (including phenoxy) is 1. The molecule has 33 heavy (non-hydrogen) atoms. The van der Waals surface area contributed by atoms with Crippen molar-refractivity contribution in [2.75, 3.05) is 6.61 Å². The Hall–Kier alpha value is -2.53. The summed E-state index contributed by atoms with van der Waals surface area (Å²) >= 11 is 6.39. The molecule has 0 aromatic heterocycles. The van der Waals surface area contributed by atoms with E-state index in [1.807, 2.05) is 49.4 Å². The Morgan fingerprint density at radius 3 is 2.39 bits per heavy atom. The maximum Gasteiger partial charge on any atom is 0.261 e. The molecule has 1 aliphatic rings. The Bertz CT molecular complexity index is 910. The minimum absolute atomic E-state index is 0.0999. The van der Waals surface area contributed by atoms with E-state index in [4.69, 9.17) is 16.3 Å². The summed E-state index contributed by atoms with van der Waals surface area (Å²) in [6.45, 7) is 4.15. The van der Waals surface area contributed by atoms with Crippen molar-refractivity contribution in [1.82, 2.24) is 10.2 Å². The van der Waals surface area contributed by atoms with Gasteiger partial charge in [0.25, 0.3) is 5.91 Å². The van der Waals surface area contributed by atoms with Crippen LogP contribution in [0.15, 0.2) is 48.5 Å². The zero-order valence-electron chi connectivity index (χ0n) is 19.7. The summed E-state index contributed by atoms with van der Waals surface area (Å²) in [5.41, 5.74) is 2.02. The van der Waals surface area contributed by atoms with Crippen molar-refractivity contribution in [3.05, 3.63) is 64.7 Å². The van der Waals surface area contributed by atoms with Crippen LogP contribution < -0.4 is 10.1 Å². The Morgan fingerprint density at radius 2 is 1.76 bits per heavy atom. The van der Waals surface area contributed by atoms with E-state index in [2.05, 4.69) is 12.2 Å². The summed E-state index contributed by atoms with van der Waals surface area (Å²) in [4.78, 5) is 28.2. The monoisotopic (exact) mass is 470 g/mol. The molecular formula is C27H35ClN2O3. The predicted octanol–water partition coefficient (Wildman–Crippen LogP) is 5.54. The Balaban J connectivity index is 1.74. The number of carbonyl (C=O) groups is 2. The molecule has 1 fully saturated rings. The third-order valence-corrected chi connectivity index (χ3v) is 6.70. The maximum absolute atomic E-state index is 13.3. The fourth-order valence-corrected chi connectivity index (χ4v) is 4.52. The van der Waals surface area contributed by atoms with Crippen LogP contribution >= 0.6 is 11.6 Å². The molecular weight excluding hydrogens is 436 g/mol. The fourth-order valence-electron chi connectivity index (χ4n) is 4.32. The van der Waals surface area contributed by atoms with E-state index in [-0.39, 0.29) is 31.0 Å². The van der Waals surface area contributed by atoms with Crippen LogP contribution in [0.25, 0.3) is 0 Å². The SMILES string of the molecule is CCc1ccc(OCC(=O)N(Cc2ccccc2Cl)[C@H](CC)C(=O)NC2CCCCC2)cc1. The standard InChI is InChI=1S/C27H35ClN2O3/c1-3-20-14-16-23(17-15-20)33-19-26(31)30(18-21-10-8-9-13-24(21)28)25(4-2)27(32)29-22-11-6-5-7-12-22/h8-10,13-17,22,25H,3-7,11-12,18-19H2,1-2H3,(H,29,32)/t25-/m1/s1. The van der Waals surface area contributed by atoms with Crippen molar-refractivity contribution in [2.24, 2.45) is 0 Å². The van der Waals surface area contributed by atoms with E-state index in [1.165, 1.54) is 12.0 Å². The van der Waals surface area contributed by atoms with Crippen molar-refractivity contribution >= 4 is 23.4 Å². The lowest BCUT2D eigenvalue weighted by Gasteiger charge is -2.33. The molecule has 2 amide bonds. The van der Waals surface area contributed by atoms with Gasteiger partial charge in [-0.3, -0.25) is 9.59 Å². The third-order valence-electron chi connectivity index (χ3n) is 6.33. The largest absolute Gasteiger partial charge is 0.484 e. The van der Waals surface area contributed by atoms with Gasteiger partial charge in [0.15, 0.2) is 6.61 Å². The molecule has 5 nitrogen and oxygen atoms in total. The minimum atomic E-state index is -0.582. The van der Waals surface area contributed by atoms with E-state index in [0.717, 1.165) is 37.7 Å². The zero-order valence-corrected chi connectivity index (χ0v) is 20.4. The van der Waals surface area contributed by atoms with Crippen molar-refractivity contribution < 1.29 is 14.3 Å². The number of nitrogens with one attached hydrogen (secondary N) is 1. The summed E-state index contributed by atoms with van der Waals surface area (Å²) in [6, 6.07) is 14.8. The number of hydrogen-bond acceptors (Lipinski definition) is 3. The van der Waals surface area contributed by atoms with Gasteiger partial charge < -0.3 is 15.0 Å². The number of rotatable bonds is 10. The van der Waals surface area contributed by atoms with Crippen LogP contribution in [0.2, 0.25) is 5.02 Å². The molecule has 0 radical (unpaired) electrons. The van der Waals surface area contributed by atoms with Crippen molar-refractivity contribution in [1.29, 1.82) is 0 Å². The highest BCUT2D eigenvalue weighted by molar-refractivity contribution is 6.31. The average molecular weight is 471 g/mol. The van der Waals surface area contributed by atoms with Gasteiger partial charge in [0.05, 0.1) is 0 Å². The number of hydrogen-bond donors (Lipinski definition) is 1. The number of amides is 2. The molecule has 1 atom stereocenters. The smallest absolute Gasteiger partial charge is 0.261 e. The first-order chi connectivity index (χ1) is 16.0. The summed E-state index contributed by atoms with van der Waals surface area (Å²) in [5, 5.41) is 3.76. The van der Waals surface area contributed by atoms with Gasteiger partial charge in [-0.2, -0.15) is 0 Å². The van der Waals surface area contributed by atoms with E-state index < -0.39 is 6.04 Å². The van der Waals surface area contributed by atoms with Gasteiger partial charge >= 0.3 is 0 Å². The summed E-state index contributed by atoms with van der Waals surface area (Å²) in [6.07, 6.45) is 6.94. The highest BCUT2D eigenvalue weighted by Gasteiger charge is 2.31. The molecule has 0 aliphatic heterocycles. The highest BCUT2D eigenvalue weighted by Crippen LogP contribution is 2.22. The van der Waals surface area contributed by atoms with Crippen LogP contribution in [0.4, 0.5) is 0 Å². The quantitative estimate of drug-likeness (QED) is 0.496. The van der Waals surface area contributed by atoms with Crippen LogP contribution in [0.1, 0.15) is 63.5 Å². The van der Waals surface area contributed by atoms with E-state index >= 15 is 0 Å². The van der Waals surface area contributed by atoms with E-state index in [1.54, 1.807) is 11.0 Å². The van der Waals surface area contributed by atoms with Crippen molar-refractivity contribution in [3.63, 3.8) is 0 Å². The second kappa shape index (κ2) is 12.6. The van der Waals surface area contributed by atoms with Gasteiger partial charge in [-0.1, -0.05) is 75.0 Å². The molecule has 0 spiro atoms. The first-order valence-electron chi connectivity index (χ1n) is 12.1. The van der Waals surface area contributed by atoms with Crippen molar-refractivity contribution in [2.45, 2.75) is 77.4 Å². The van der Waals surface area contributed by atoms with Crippen molar-refractivity contribution in [3.8, 4) is 5.75 Å². The molecule has 3 rings (SSSR count). The highest BCUT2D eigenvalue weighted by atomic mass is 35.5. The summed E-state index contributed by atoms with van der Waals surface area (Å²) in [5.74, 6) is 0.301.